The quantitative estimate of drug-likeness (QED) is 0.897. The Labute approximate surface area is 104 Å². The SMILES string of the molecule is O=C1CC(CO)CN1Cc1ccc(F)c(Cl)c1. The number of likely N-dealkylation sites (tertiary alicyclic amines) is 1. The summed E-state index contributed by atoms with van der Waals surface area (Å²) in [5, 5.41) is 9.06. The number of rotatable bonds is 3. The predicted octanol–water partition coefficient (Wildman–Crippen LogP) is 1.82. The summed E-state index contributed by atoms with van der Waals surface area (Å²) in [4.78, 5) is 13.3. The van der Waals surface area contributed by atoms with Crippen LogP contribution in [-0.4, -0.2) is 29.1 Å². The van der Waals surface area contributed by atoms with E-state index in [1.165, 1.54) is 12.1 Å². The van der Waals surface area contributed by atoms with Crippen LogP contribution in [0, 0.1) is 11.7 Å². The van der Waals surface area contributed by atoms with Crippen molar-refractivity contribution in [1.29, 1.82) is 0 Å². The summed E-state index contributed by atoms with van der Waals surface area (Å²) in [5.41, 5.74) is 0.795. The van der Waals surface area contributed by atoms with Crippen molar-refractivity contribution in [2.24, 2.45) is 5.92 Å². The summed E-state index contributed by atoms with van der Waals surface area (Å²) in [6, 6.07) is 4.43. The fourth-order valence-electron chi connectivity index (χ4n) is 1.99. The molecule has 3 nitrogen and oxygen atoms in total. The summed E-state index contributed by atoms with van der Waals surface area (Å²) < 4.78 is 13.0. The lowest BCUT2D eigenvalue weighted by atomic mass is 10.1. The third-order valence-electron chi connectivity index (χ3n) is 2.91. The number of amides is 1. The highest BCUT2D eigenvalue weighted by Gasteiger charge is 2.28. The van der Waals surface area contributed by atoms with Crippen LogP contribution in [0.5, 0.6) is 0 Å². The van der Waals surface area contributed by atoms with Crippen LogP contribution in [0.15, 0.2) is 18.2 Å². The number of hydrogen-bond donors (Lipinski definition) is 1. The van der Waals surface area contributed by atoms with Crippen molar-refractivity contribution in [1.82, 2.24) is 4.90 Å². The number of hydrogen-bond acceptors (Lipinski definition) is 2. The van der Waals surface area contributed by atoms with Gasteiger partial charge in [0.15, 0.2) is 0 Å². The fraction of sp³-hybridized carbons (Fsp3) is 0.417. The lowest BCUT2D eigenvalue weighted by Crippen LogP contribution is -2.24. The zero-order valence-corrected chi connectivity index (χ0v) is 9.95. The van der Waals surface area contributed by atoms with Crippen molar-refractivity contribution < 1.29 is 14.3 Å². The number of benzene rings is 1. The summed E-state index contributed by atoms with van der Waals surface area (Å²) in [7, 11) is 0. The van der Waals surface area contributed by atoms with Crippen molar-refractivity contribution in [3.8, 4) is 0 Å². The number of carbonyl (C=O) groups excluding carboxylic acids is 1. The molecule has 1 atom stereocenters. The van der Waals surface area contributed by atoms with Gasteiger partial charge in [-0.05, 0) is 17.7 Å². The van der Waals surface area contributed by atoms with Gasteiger partial charge in [0.05, 0.1) is 5.02 Å². The first-order valence-corrected chi connectivity index (χ1v) is 5.80. The summed E-state index contributed by atoms with van der Waals surface area (Å²) in [5.74, 6) is -0.431. The van der Waals surface area contributed by atoms with E-state index in [0.29, 0.717) is 19.5 Å². The van der Waals surface area contributed by atoms with E-state index >= 15 is 0 Å². The number of aliphatic hydroxyl groups is 1. The van der Waals surface area contributed by atoms with Crippen LogP contribution in [0.4, 0.5) is 4.39 Å². The van der Waals surface area contributed by atoms with Gasteiger partial charge in [0.2, 0.25) is 5.91 Å². The Morgan fingerprint density at radius 2 is 2.29 bits per heavy atom. The first-order chi connectivity index (χ1) is 8.10. The molecule has 5 heteroatoms. The van der Waals surface area contributed by atoms with Crippen molar-refractivity contribution >= 4 is 17.5 Å². The molecule has 0 spiro atoms. The van der Waals surface area contributed by atoms with Gasteiger partial charge in [0, 0.05) is 32.0 Å². The van der Waals surface area contributed by atoms with E-state index in [9.17, 15) is 9.18 Å². The van der Waals surface area contributed by atoms with Crippen LogP contribution in [0.2, 0.25) is 5.02 Å². The second-order valence-electron chi connectivity index (χ2n) is 4.28. The van der Waals surface area contributed by atoms with Gasteiger partial charge in [-0.3, -0.25) is 4.79 Å². The minimum absolute atomic E-state index is 0.0124. The van der Waals surface area contributed by atoms with E-state index in [1.807, 2.05) is 0 Å². The van der Waals surface area contributed by atoms with Gasteiger partial charge in [-0.2, -0.15) is 0 Å². The Balaban J connectivity index is 2.06. The standard InChI is InChI=1S/C12H13ClFNO2/c13-10-3-8(1-2-11(10)14)5-15-6-9(7-16)4-12(15)17/h1-3,9,16H,4-7H2. The average Bonchev–Trinajstić information content (AvgIpc) is 2.65. The molecule has 1 aromatic carbocycles. The molecule has 0 aliphatic carbocycles. The third-order valence-corrected chi connectivity index (χ3v) is 3.20. The maximum atomic E-state index is 13.0. The molecular formula is C12H13ClFNO2. The molecule has 0 radical (unpaired) electrons. The van der Waals surface area contributed by atoms with Gasteiger partial charge >= 0.3 is 0 Å². The largest absolute Gasteiger partial charge is 0.396 e. The number of carbonyl (C=O) groups is 1. The minimum Gasteiger partial charge on any atom is -0.396 e. The summed E-state index contributed by atoms with van der Waals surface area (Å²) in [6.45, 7) is 0.978. The van der Waals surface area contributed by atoms with Gasteiger partial charge in [-0.25, -0.2) is 4.39 Å². The molecular weight excluding hydrogens is 245 g/mol. The average molecular weight is 258 g/mol. The Bertz CT molecular complexity index is 439. The molecule has 1 aromatic rings. The molecule has 1 saturated heterocycles. The molecule has 1 heterocycles. The Morgan fingerprint density at radius 3 is 2.88 bits per heavy atom. The Kier molecular flexibility index (Phi) is 3.64. The summed E-state index contributed by atoms with van der Waals surface area (Å²) >= 11 is 5.67. The molecule has 0 aromatic heterocycles. The zero-order valence-electron chi connectivity index (χ0n) is 9.20. The van der Waals surface area contributed by atoms with E-state index in [4.69, 9.17) is 16.7 Å². The second kappa shape index (κ2) is 5.02. The smallest absolute Gasteiger partial charge is 0.223 e. The topological polar surface area (TPSA) is 40.5 Å². The molecule has 17 heavy (non-hydrogen) atoms. The maximum absolute atomic E-state index is 13.0. The highest BCUT2D eigenvalue weighted by Crippen LogP contribution is 2.22. The van der Waals surface area contributed by atoms with Gasteiger partial charge in [-0.15, -0.1) is 0 Å². The van der Waals surface area contributed by atoms with Gasteiger partial charge in [-0.1, -0.05) is 17.7 Å². The fourth-order valence-corrected chi connectivity index (χ4v) is 2.19. The van der Waals surface area contributed by atoms with Crippen molar-refractivity contribution in [2.75, 3.05) is 13.2 Å². The molecule has 1 N–H and O–H groups in total. The highest BCUT2D eigenvalue weighted by atomic mass is 35.5. The van der Waals surface area contributed by atoms with Gasteiger partial charge in [0.1, 0.15) is 5.82 Å². The van der Waals surface area contributed by atoms with Crippen LogP contribution in [0.1, 0.15) is 12.0 Å². The zero-order chi connectivity index (χ0) is 12.4. The Hall–Kier alpha value is -1.13. The molecule has 1 aliphatic rings. The molecule has 92 valence electrons. The molecule has 1 fully saturated rings. The van der Waals surface area contributed by atoms with Crippen LogP contribution >= 0.6 is 11.6 Å². The van der Waals surface area contributed by atoms with Crippen LogP contribution < -0.4 is 0 Å². The van der Waals surface area contributed by atoms with Crippen LogP contribution in [0.3, 0.4) is 0 Å². The summed E-state index contributed by atoms with van der Waals surface area (Å²) in [6.07, 6.45) is 0.380. The maximum Gasteiger partial charge on any atom is 0.223 e. The molecule has 2 rings (SSSR count). The van der Waals surface area contributed by atoms with Crippen LogP contribution in [0.25, 0.3) is 0 Å². The second-order valence-corrected chi connectivity index (χ2v) is 4.68. The first kappa shape index (κ1) is 12.3. The minimum atomic E-state index is -0.462. The Morgan fingerprint density at radius 1 is 1.53 bits per heavy atom. The molecule has 0 saturated carbocycles. The number of nitrogens with zero attached hydrogens (tertiary/aromatic N) is 1. The number of aliphatic hydroxyl groups excluding tert-OH is 1. The van der Waals surface area contributed by atoms with E-state index in [-0.39, 0.29) is 23.5 Å². The van der Waals surface area contributed by atoms with Crippen molar-refractivity contribution in [3.05, 3.63) is 34.6 Å². The van der Waals surface area contributed by atoms with E-state index in [2.05, 4.69) is 0 Å². The lowest BCUT2D eigenvalue weighted by molar-refractivity contribution is -0.128. The molecule has 1 aliphatic heterocycles. The van der Waals surface area contributed by atoms with Crippen molar-refractivity contribution in [3.63, 3.8) is 0 Å². The molecule has 1 unspecified atom stereocenters. The van der Waals surface area contributed by atoms with Crippen LogP contribution in [-0.2, 0) is 11.3 Å². The highest BCUT2D eigenvalue weighted by molar-refractivity contribution is 6.30. The number of halogens is 2. The lowest BCUT2D eigenvalue weighted by Gasteiger charge is -2.16. The normalized spacial score (nSPS) is 20.1. The van der Waals surface area contributed by atoms with E-state index in [0.717, 1.165) is 5.56 Å². The molecule has 1 amide bonds. The molecule has 0 bridgehead atoms. The van der Waals surface area contributed by atoms with Gasteiger partial charge in [0.25, 0.3) is 0 Å². The first-order valence-electron chi connectivity index (χ1n) is 5.42. The predicted molar refractivity (Wildman–Crippen MR) is 62.0 cm³/mol. The van der Waals surface area contributed by atoms with Gasteiger partial charge < -0.3 is 10.0 Å². The van der Waals surface area contributed by atoms with E-state index < -0.39 is 5.82 Å². The van der Waals surface area contributed by atoms with Crippen molar-refractivity contribution in [2.45, 2.75) is 13.0 Å². The third kappa shape index (κ3) is 2.76. The van der Waals surface area contributed by atoms with E-state index in [1.54, 1.807) is 11.0 Å². The monoisotopic (exact) mass is 257 g/mol.